The maximum Gasteiger partial charge on any atom is 0.324 e. The monoisotopic (exact) mass is 365 g/mol. The zero-order valence-corrected chi connectivity index (χ0v) is 14.4. The molecule has 0 saturated carbocycles. The molecule has 0 bridgehead atoms. The summed E-state index contributed by atoms with van der Waals surface area (Å²) in [5.41, 5.74) is 0. The van der Waals surface area contributed by atoms with Gasteiger partial charge in [0.2, 0.25) is 10.0 Å². The second kappa shape index (κ2) is 7.17. The van der Waals surface area contributed by atoms with E-state index in [9.17, 15) is 13.2 Å². The normalized spacial score (nSPS) is 19.9. The zero-order valence-electron chi connectivity index (χ0n) is 12.1. The highest BCUT2D eigenvalue weighted by Crippen LogP contribution is 2.31. The summed E-state index contributed by atoms with van der Waals surface area (Å²) in [7, 11) is -3.91. The van der Waals surface area contributed by atoms with E-state index in [0.29, 0.717) is 12.8 Å². The molecule has 8 heteroatoms. The predicted octanol–water partition coefficient (Wildman–Crippen LogP) is 3.10. The van der Waals surface area contributed by atoms with Gasteiger partial charge in [0.25, 0.3) is 0 Å². The molecule has 5 nitrogen and oxygen atoms in total. The highest BCUT2D eigenvalue weighted by atomic mass is 35.5. The van der Waals surface area contributed by atoms with Crippen LogP contribution in [0.4, 0.5) is 0 Å². The number of benzene rings is 1. The number of carbonyl (C=O) groups excluding carboxylic acids is 1. The standard InChI is InChI=1S/C14H17Cl2NO4S/c1-2-21-14(18)12-5-3-4-8-17(12)22(19,20)13-9-10(15)6-7-11(13)16/h6-7,9,12H,2-5,8H2,1H3. The Balaban J connectivity index is 2.41. The molecule has 1 heterocycles. The minimum atomic E-state index is -3.91. The molecule has 22 heavy (non-hydrogen) atoms. The second-order valence-corrected chi connectivity index (χ2v) is 7.66. The third-order valence-corrected chi connectivity index (χ3v) is 6.12. The van der Waals surface area contributed by atoms with Gasteiger partial charge in [-0.25, -0.2) is 8.42 Å². The van der Waals surface area contributed by atoms with E-state index in [1.807, 2.05) is 0 Å². The van der Waals surface area contributed by atoms with Gasteiger partial charge >= 0.3 is 5.97 Å². The highest BCUT2D eigenvalue weighted by molar-refractivity contribution is 7.89. The van der Waals surface area contributed by atoms with Crippen LogP contribution in [0.5, 0.6) is 0 Å². The van der Waals surface area contributed by atoms with Crippen LogP contribution in [-0.2, 0) is 19.6 Å². The summed E-state index contributed by atoms with van der Waals surface area (Å²) in [6.45, 7) is 2.16. The lowest BCUT2D eigenvalue weighted by Crippen LogP contribution is -2.48. The summed E-state index contributed by atoms with van der Waals surface area (Å²) in [5.74, 6) is -0.524. The van der Waals surface area contributed by atoms with E-state index in [-0.39, 0.29) is 28.1 Å². The SMILES string of the molecule is CCOC(=O)C1CCCCN1S(=O)(=O)c1cc(Cl)ccc1Cl. The van der Waals surface area contributed by atoms with E-state index in [0.717, 1.165) is 6.42 Å². The van der Waals surface area contributed by atoms with Crippen LogP contribution in [0.1, 0.15) is 26.2 Å². The largest absolute Gasteiger partial charge is 0.465 e. The Bertz CT molecular complexity index is 663. The first kappa shape index (κ1) is 17.5. The first-order valence-corrected chi connectivity index (χ1v) is 9.21. The Morgan fingerprint density at radius 2 is 2.09 bits per heavy atom. The van der Waals surface area contributed by atoms with E-state index in [2.05, 4.69) is 0 Å². The number of nitrogens with zero attached hydrogens (tertiary/aromatic N) is 1. The topological polar surface area (TPSA) is 63.7 Å². The third kappa shape index (κ3) is 3.56. The van der Waals surface area contributed by atoms with Crippen molar-refractivity contribution in [2.24, 2.45) is 0 Å². The molecule has 0 radical (unpaired) electrons. The third-order valence-electron chi connectivity index (χ3n) is 3.49. The summed E-state index contributed by atoms with van der Waals surface area (Å²) >= 11 is 11.9. The summed E-state index contributed by atoms with van der Waals surface area (Å²) in [4.78, 5) is 12.0. The number of halogens is 2. The summed E-state index contributed by atoms with van der Waals surface area (Å²) in [6, 6.07) is 3.44. The van der Waals surface area contributed by atoms with Crippen molar-refractivity contribution in [3.05, 3.63) is 28.2 Å². The van der Waals surface area contributed by atoms with E-state index in [1.54, 1.807) is 6.92 Å². The maximum absolute atomic E-state index is 12.9. The van der Waals surface area contributed by atoms with Gasteiger partial charge in [-0.2, -0.15) is 4.31 Å². The van der Waals surface area contributed by atoms with E-state index in [4.69, 9.17) is 27.9 Å². The van der Waals surface area contributed by atoms with Crippen LogP contribution in [0.25, 0.3) is 0 Å². The number of esters is 1. The fraction of sp³-hybridized carbons (Fsp3) is 0.500. The van der Waals surface area contributed by atoms with Crippen molar-refractivity contribution >= 4 is 39.2 Å². The van der Waals surface area contributed by atoms with Crippen LogP contribution >= 0.6 is 23.2 Å². The Labute approximate surface area is 140 Å². The quantitative estimate of drug-likeness (QED) is 0.769. The van der Waals surface area contributed by atoms with Gasteiger partial charge in [-0.15, -0.1) is 0 Å². The average Bonchev–Trinajstić information content (AvgIpc) is 2.50. The summed E-state index contributed by atoms with van der Waals surface area (Å²) in [5, 5.41) is 0.352. The first-order chi connectivity index (χ1) is 10.4. The molecule has 2 rings (SSSR count). The molecule has 1 aromatic rings. The second-order valence-electron chi connectivity index (χ2n) is 4.95. The number of ether oxygens (including phenoxy) is 1. The van der Waals surface area contributed by atoms with Crippen molar-refractivity contribution in [2.75, 3.05) is 13.2 Å². The molecule has 1 unspecified atom stereocenters. The predicted molar refractivity (Wildman–Crippen MR) is 84.6 cm³/mol. The molecule has 1 aliphatic rings. The first-order valence-electron chi connectivity index (χ1n) is 7.01. The lowest BCUT2D eigenvalue weighted by atomic mass is 10.1. The smallest absolute Gasteiger partial charge is 0.324 e. The lowest BCUT2D eigenvalue weighted by molar-refractivity contribution is -0.148. The molecule has 0 amide bonds. The number of rotatable bonds is 4. The van der Waals surface area contributed by atoms with Gasteiger partial charge in [0.15, 0.2) is 0 Å². The molecule has 1 aliphatic heterocycles. The molecule has 1 aromatic carbocycles. The molecule has 0 aliphatic carbocycles. The number of carbonyl (C=O) groups is 1. The highest BCUT2D eigenvalue weighted by Gasteiger charge is 2.39. The Hall–Kier alpha value is -0.820. The van der Waals surface area contributed by atoms with Crippen LogP contribution in [0.15, 0.2) is 23.1 Å². The van der Waals surface area contributed by atoms with Crippen molar-refractivity contribution in [2.45, 2.75) is 37.1 Å². The average molecular weight is 366 g/mol. The van der Waals surface area contributed by atoms with Gasteiger partial charge < -0.3 is 4.74 Å². The molecule has 0 aromatic heterocycles. The molecular weight excluding hydrogens is 349 g/mol. The van der Waals surface area contributed by atoms with Crippen LogP contribution < -0.4 is 0 Å². The Morgan fingerprint density at radius 1 is 1.36 bits per heavy atom. The molecule has 1 saturated heterocycles. The van der Waals surface area contributed by atoms with E-state index < -0.39 is 22.0 Å². The van der Waals surface area contributed by atoms with Gasteiger partial charge in [0.1, 0.15) is 10.9 Å². The Morgan fingerprint density at radius 3 is 2.77 bits per heavy atom. The van der Waals surface area contributed by atoms with Crippen molar-refractivity contribution in [1.29, 1.82) is 0 Å². The number of piperidine rings is 1. The molecule has 1 atom stereocenters. The van der Waals surface area contributed by atoms with E-state index >= 15 is 0 Å². The molecule has 1 fully saturated rings. The van der Waals surface area contributed by atoms with Crippen LogP contribution in [-0.4, -0.2) is 37.9 Å². The van der Waals surface area contributed by atoms with Gasteiger partial charge in [0.05, 0.1) is 11.6 Å². The molecular formula is C14H17Cl2NO4S. The van der Waals surface area contributed by atoms with Crippen molar-refractivity contribution in [1.82, 2.24) is 4.31 Å². The molecule has 0 spiro atoms. The van der Waals surface area contributed by atoms with Gasteiger partial charge in [-0.05, 0) is 44.4 Å². The number of sulfonamides is 1. The van der Waals surface area contributed by atoms with Crippen LogP contribution in [0.2, 0.25) is 10.0 Å². The van der Waals surface area contributed by atoms with Gasteiger partial charge in [-0.1, -0.05) is 23.2 Å². The van der Waals surface area contributed by atoms with E-state index in [1.165, 1.54) is 22.5 Å². The summed E-state index contributed by atoms with van der Waals surface area (Å²) < 4.78 is 31.9. The van der Waals surface area contributed by atoms with Gasteiger partial charge in [-0.3, -0.25) is 4.79 Å². The van der Waals surface area contributed by atoms with Crippen LogP contribution in [0, 0.1) is 0 Å². The fourth-order valence-corrected chi connectivity index (χ4v) is 4.85. The number of hydrogen-bond acceptors (Lipinski definition) is 4. The van der Waals surface area contributed by atoms with Crippen LogP contribution in [0.3, 0.4) is 0 Å². The molecule has 122 valence electrons. The minimum Gasteiger partial charge on any atom is -0.465 e. The van der Waals surface area contributed by atoms with Crippen molar-refractivity contribution < 1.29 is 17.9 Å². The maximum atomic E-state index is 12.9. The minimum absolute atomic E-state index is 0.0811. The van der Waals surface area contributed by atoms with Gasteiger partial charge in [0, 0.05) is 11.6 Å². The van der Waals surface area contributed by atoms with Crippen molar-refractivity contribution in [3.8, 4) is 0 Å². The summed E-state index contributed by atoms with van der Waals surface area (Å²) in [6.07, 6.45) is 1.91. The molecule has 0 N–H and O–H groups in total. The van der Waals surface area contributed by atoms with Crippen molar-refractivity contribution in [3.63, 3.8) is 0 Å². The lowest BCUT2D eigenvalue weighted by Gasteiger charge is -2.33. The Kier molecular flexibility index (Phi) is 5.71. The fourth-order valence-electron chi connectivity index (χ4n) is 2.47. The zero-order chi connectivity index (χ0) is 16.3. The number of hydrogen-bond donors (Lipinski definition) is 0.